The number of nitrogens with zero attached hydrogens (tertiary/aromatic N) is 2. The normalized spacial score (nSPS) is 12.7. The molecule has 3 rings (SSSR count). The second-order valence-corrected chi connectivity index (χ2v) is 4.04. The molecule has 2 aromatic rings. The van der Waals surface area contributed by atoms with E-state index in [0.717, 1.165) is 35.7 Å². The van der Waals surface area contributed by atoms with Crippen molar-refractivity contribution in [1.82, 2.24) is 15.3 Å². The summed E-state index contributed by atoms with van der Waals surface area (Å²) in [5.74, 6) is 1.63. The Balaban J connectivity index is 1.57. The molecule has 0 aliphatic carbocycles. The Labute approximate surface area is 105 Å². The van der Waals surface area contributed by atoms with Gasteiger partial charge < -0.3 is 14.8 Å². The number of fused-ring (bicyclic) bond motifs is 1. The fourth-order valence-electron chi connectivity index (χ4n) is 1.82. The Hall–Kier alpha value is -2.14. The van der Waals surface area contributed by atoms with Gasteiger partial charge in [-0.3, -0.25) is 0 Å². The van der Waals surface area contributed by atoms with Crippen molar-refractivity contribution >= 4 is 0 Å². The van der Waals surface area contributed by atoms with Crippen LogP contribution in [0.15, 0.2) is 36.9 Å². The van der Waals surface area contributed by atoms with Gasteiger partial charge in [0.1, 0.15) is 6.33 Å². The Kier molecular flexibility index (Phi) is 3.06. The second-order valence-electron chi connectivity index (χ2n) is 4.04. The fourth-order valence-corrected chi connectivity index (χ4v) is 1.82. The second kappa shape index (κ2) is 5.01. The highest BCUT2D eigenvalue weighted by molar-refractivity contribution is 5.44. The topological polar surface area (TPSA) is 56.3 Å². The first-order valence-electron chi connectivity index (χ1n) is 5.75. The molecule has 2 heterocycles. The molecule has 5 heteroatoms. The lowest BCUT2D eigenvalue weighted by Crippen LogP contribution is -2.12. The van der Waals surface area contributed by atoms with Crippen LogP contribution in [0.4, 0.5) is 0 Å². The maximum atomic E-state index is 5.33. The average Bonchev–Trinajstić information content (AvgIpc) is 2.87. The van der Waals surface area contributed by atoms with E-state index < -0.39 is 0 Å². The number of nitrogens with one attached hydrogen (secondary N) is 1. The summed E-state index contributed by atoms with van der Waals surface area (Å²) < 4.78 is 10.6. The van der Waals surface area contributed by atoms with Crippen LogP contribution < -0.4 is 14.8 Å². The van der Waals surface area contributed by atoms with Crippen LogP contribution in [-0.4, -0.2) is 16.8 Å². The number of hydrogen-bond donors (Lipinski definition) is 1. The molecule has 1 aliphatic heterocycles. The first-order valence-corrected chi connectivity index (χ1v) is 5.75. The van der Waals surface area contributed by atoms with Crippen molar-refractivity contribution in [2.75, 3.05) is 6.79 Å². The summed E-state index contributed by atoms with van der Waals surface area (Å²) in [6, 6.07) is 5.96. The molecule has 1 N–H and O–H groups in total. The third-order valence-electron chi connectivity index (χ3n) is 2.71. The molecule has 0 saturated heterocycles. The van der Waals surface area contributed by atoms with Gasteiger partial charge in [0.25, 0.3) is 0 Å². The smallest absolute Gasteiger partial charge is 0.231 e. The lowest BCUT2D eigenvalue weighted by atomic mass is 10.2. The van der Waals surface area contributed by atoms with Crippen LogP contribution in [0.1, 0.15) is 11.1 Å². The molecule has 0 atom stereocenters. The summed E-state index contributed by atoms with van der Waals surface area (Å²) in [5.41, 5.74) is 2.23. The molecule has 0 unspecified atom stereocenters. The zero-order chi connectivity index (χ0) is 12.2. The van der Waals surface area contributed by atoms with Crippen molar-refractivity contribution in [3.8, 4) is 11.5 Å². The predicted octanol–water partition coefficient (Wildman–Crippen LogP) is 1.50. The minimum Gasteiger partial charge on any atom is -0.454 e. The molecule has 5 nitrogen and oxygen atoms in total. The van der Waals surface area contributed by atoms with E-state index in [0.29, 0.717) is 6.79 Å². The fraction of sp³-hybridized carbons (Fsp3) is 0.231. The molecular formula is C13H13N3O2. The summed E-state index contributed by atoms with van der Waals surface area (Å²) in [4.78, 5) is 7.94. The molecular weight excluding hydrogens is 230 g/mol. The van der Waals surface area contributed by atoms with E-state index in [4.69, 9.17) is 9.47 Å². The third kappa shape index (κ3) is 2.41. The van der Waals surface area contributed by atoms with E-state index in [-0.39, 0.29) is 0 Å². The quantitative estimate of drug-likeness (QED) is 0.881. The molecule has 0 bridgehead atoms. The molecule has 0 fully saturated rings. The third-order valence-corrected chi connectivity index (χ3v) is 2.71. The highest BCUT2D eigenvalue weighted by Crippen LogP contribution is 2.32. The monoisotopic (exact) mass is 243 g/mol. The Morgan fingerprint density at radius 1 is 1.00 bits per heavy atom. The van der Waals surface area contributed by atoms with E-state index in [1.807, 2.05) is 18.2 Å². The number of rotatable bonds is 4. The molecule has 1 aliphatic rings. The van der Waals surface area contributed by atoms with Gasteiger partial charge in [-0.1, -0.05) is 6.07 Å². The largest absolute Gasteiger partial charge is 0.454 e. The van der Waals surface area contributed by atoms with Crippen molar-refractivity contribution in [1.29, 1.82) is 0 Å². The van der Waals surface area contributed by atoms with Gasteiger partial charge in [0.2, 0.25) is 6.79 Å². The maximum absolute atomic E-state index is 5.33. The molecule has 0 radical (unpaired) electrons. The molecule has 0 amide bonds. The summed E-state index contributed by atoms with van der Waals surface area (Å²) in [6.07, 6.45) is 5.14. The minimum atomic E-state index is 0.313. The lowest BCUT2D eigenvalue weighted by Gasteiger charge is -2.05. The van der Waals surface area contributed by atoms with Gasteiger partial charge in [-0.15, -0.1) is 0 Å². The first-order chi connectivity index (χ1) is 8.92. The molecule has 1 aromatic heterocycles. The zero-order valence-corrected chi connectivity index (χ0v) is 9.80. The number of hydrogen-bond acceptors (Lipinski definition) is 5. The summed E-state index contributed by atoms with van der Waals surface area (Å²) in [7, 11) is 0. The SMILES string of the molecule is c1ncc(CNCc2ccc3c(c2)OCO3)cn1. The molecule has 0 spiro atoms. The summed E-state index contributed by atoms with van der Waals surface area (Å²) in [6.45, 7) is 1.83. The summed E-state index contributed by atoms with van der Waals surface area (Å²) in [5, 5.41) is 3.33. The number of benzene rings is 1. The van der Waals surface area contributed by atoms with Crippen LogP contribution >= 0.6 is 0 Å². The molecule has 0 saturated carbocycles. The van der Waals surface area contributed by atoms with Crippen molar-refractivity contribution in [3.63, 3.8) is 0 Å². The van der Waals surface area contributed by atoms with E-state index in [9.17, 15) is 0 Å². The van der Waals surface area contributed by atoms with Crippen molar-refractivity contribution in [2.45, 2.75) is 13.1 Å². The molecule has 1 aromatic carbocycles. The molecule has 92 valence electrons. The Bertz CT molecular complexity index is 531. The van der Waals surface area contributed by atoms with Gasteiger partial charge in [-0.2, -0.15) is 0 Å². The lowest BCUT2D eigenvalue weighted by molar-refractivity contribution is 0.174. The molecule has 18 heavy (non-hydrogen) atoms. The van der Waals surface area contributed by atoms with Gasteiger partial charge in [-0.25, -0.2) is 9.97 Å². The first kappa shape index (κ1) is 11.0. The van der Waals surface area contributed by atoms with E-state index in [1.165, 1.54) is 6.33 Å². The minimum absolute atomic E-state index is 0.313. The van der Waals surface area contributed by atoms with Crippen molar-refractivity contribution in [3.05, 3.63) is 48.0 Å². The van der Waals surface area contributed by atoms with Crippen LogP contribution in [0.25, 0.3) is 0 Å². The highest BCUT2D eigenvalue weighted by atomic mass is 16.7. The van der Waals surface area contributed by atoms with Gasteiger partial charge in [0.15, 0.2) is 11.5 Å². The Morgan fingerprint density at radius 3 is 2.67 bits per heavy atom. The highest BCUT2D eigenvalue weighted by Gasteiger charge is 2.12. The standard InChI is InChI=1S/C13H13N3O2/c1-2-12-13(18-9-17-12)3-10(1)4-14-5-11-6-15-8-16-7-11/h1-3,6-8,14H,4-5,9H2. The van der Waals surface area contributed by atoms with Crippen LogP contribution in [0.3, 0.4) is 0 Å². The number of aromatic nitrogens is 2. The number of ether oxygens (including phenoxy) is 2. The van der Waals surface area contributed by atoms with Crippen LogP contribution in [0.5, 0.6) is 11.5 Å². The summed E-state index contributed by atoms with van der Waals surface area (Å²) >= 11 is 0. The van der Waals surface area contributed by atoms with Crippen molar-refractivity contribution in [2.24, 2.45) is 0 Å². The predicted molar refractivity (Wildman–Crippen MR) is 65.1 cm³/mol. The van der Waals surface area contributed by atoms with Crippen molar-refractivity contribution < 1.29 is 9.47 Å². The van der Waals surface area contributed by atoms with E-state index in [1.54, 1.807) is 12.4 Å². The van der Waals surface area contributed by atoms with Crippen LogP contribution in [-0.2, 0) is 13.1 Å². The Morgan fingerprint density at radius 2 is 1.78 bits per heavy atom. The van der Waals surface area contributed by atoms with E-state index in [2.05, 4.69) is 15.3 Å². The van der Waals surface area contributed by atoms with Crippen LogP contribution in [0.2, 0.25) is 0 Å². The van der Waals surface area contributed by atoms with Gasteiger partial charge in [0.05, 0.1) is 0 Å². The van der Waals surface area contributed by atoms with Gasteiger partial charge >= 0.3 is 0 Å². The van der Waals surface area contributed by atoms with Crippen LogP contribution in [0, 0.1) is 0 Å². The van der Waals surface area contributed by atoms with Gasteiger partial charge in [-0.05, 0) is 17.7 Å². The maximum Gasteiger partial charge on any atom is 0.231 e. The zero-order valence-electron chi connectivity index (χ0n) is 9.80. The average molecular weight is 243 g/mol. The van der Waals surface area contributed by atoms with E-state index >= 15 is 0 Å². The van der Waals surface area contributed by atoms with Gasteiger partial charge in [0, 0.05) is 31.0 Å².